The minimum Gasteiger partial charge on any atom is -0.348 e. The van der Waals surface area contributed by atoms with Crippen LogP contribution in [0.2, 0.25) is 5.02 Å². The Morgan fingerprint density at radius 1 is 1.07 bits per heavy atom. The number of nitrogens with one attached hydrogen (secondary N) is 1. The van der Waals surface area contributed by atoms with Gasteiger partial charge in [-0.2, -0.15) is 0 Å². The number of rotatable bonds is 11. The fraction of sp³-hybridized carbons (Fsp3) is 0.500. The molecule has 0 saturated carbocycles. The van der Waals surface area contributed by atoms with Crippen molar-refractivity contribution >= 4 is 17.5 Å². The van der Waals surface area contributed by atoms with E-state index in [1.165, 1.54) is 12.8 Å². The van der Waals surface area contributed by atoms with Gasteiger partial charge in [0.25, 0.3) is 5.91 Å². The lowest BCUT2D eigenvalue weighted by Gasteiger charge is -2.20. The number of amides is 1. The third-order valence-electron chi connectivity index (χ3n) is 5.25. The number of nitrogens with zero attached hydrogens (tertiary/aromatic N) is 1. The fourth-order valence-electron chi connectivity index (χ4n) is 3.59. The maximum Gasteiger partial charge on any atom is 0.257 e. The molecular weight excluding hydrogens is 384 g/mol. The number of unbranched alkanes of at least 4 members (excludes halogenated alkanes) is 4. The first-order valence-electron chi connectivity index (χ1n) is 10.7. The Bertz CT molecular complexity index is 874. The van der Waals surface area contributed by atoms with Gasteiger partial charge in [0, 0.05) is 35.6 Å². The maximum atomic E-state index is 13.0. The number of carbonyl (C=O) groups is 1. The van der Waals surface area contributed by atoms with Crippen LogP contribution in [-0.2, 0) is 19.5 Å². The first kappa shape index (κ1) is 23.2. The van der Waals surface area contributed by atoms with Crippen molar-refractivity contribution in [1.29, 1.82) is 0 Å². The number of hydrogen-bond donors (Lipinski definition) is 1. The second-order valence-electron chi connectivity index (χ2n) is 7.56. The van der Waals surface area contributed by atoms with Gasteiger partial charge in [-0.15, -0.1) is 0 Å². The van der Waals surface area contributed by atoms with Crippen molar-refractivity contribution in [1.82, 2.24) is 9.88 Å². The average Bonchev–Trinajstić information content (AvgIpc) is 2.70. The molecule has 1 heterocycles. The fourth-order valence-corrected chi connectivity index (χ4v) is 3.79. The molecule has 0 aliphatic carbocycles. The predicted molar refractivity (Wildman–Crippen MR) is 121 cm³/mol. The van der Waals surface area contributed by atoms with Crippen molar-refractivity contribution in [2.75, 3.05) is 0 Å². The Hall–Kier alpha value is -2.07. The first-order valence-corrected chi connectivity index (χ1v) is 11.1. The molecule has 1 aromatic carbocycles. The van der Waals surface area contributed by atoms with Crippen LogP contribution < -0.4 is 10.7 Å². The van der Waals surface area contributed by atoms with Crippen LogP contribution >= 0.6 is 11.6 Å². The minimum atomic E-state index is -0.316. The number of aryl methyl sites for hydroxylation is 1. The second kappa shape index (κ2) is 11.8. The SMILES string of the molecule is CCCCCCn1c(C)cc(=O)c(C(=O)NCc2ccccc2Cl)c1CCCC. The smallest absolute Gasteiger partial charge is 0.257 e. The highest BCUT2D eigenvalue weighted by molar-refractivity contribution is 6.31. The zero-order valence-electron chi connectivity index (χ0n) is 17.9. The highest BCUT2D eigenvalue weighted by atomic mass is 35.5. The third-order valence-corrected chi connectivity index (χ3v) is 5.62. The normalized spacial score (nSPS) is 10.9. The number of halogens is 1. The highest BCUT2D eigenvalue weighted by Crippen LogP contribution is 2.17. The standard InChI is InChI=1S/C24H33ClN2O2/c1-4-6-8-11-15-27-18(3)16-22(28)23(21(27)14-7-5-2)24(29)26-17-19-12-9-10-13-20(19)25/h9-10,12-13,16H,4-8,11,14-15,17H2,1-3H3,(H,26,29). The van der Waals surface area contributed by atoms with Crippen molar-refractivity contribution in [2.24, 2.45) is 0 Å². The van der Waals surface area contributed by atoms with Gasteiger partial charge in [0.1, 0.15) is 5.56 Å². The molecular formula is C24H33ClN2O2. The summed E-state index contributed by atoms with van der Waals surface area (Å²) in [6, 6.07) is 9.01. The summed E-state index contributed by atoms with van der Waals surface area (Å²) in [5.41, 5.74) is 2.72. The lowest BCUT2D eigenvalue weighted by molar-refractivity contribution is 0.0947. The Labute approximate surface area is 179 Å². The van der Waals surface area contributed by atoms with Crippen molar-refractivity contribution in [2.45, 2.75) is 78.8 Å². The van der Waals surface area contributed by atoms with E-state index in [2.05, 4.69) is 23.7 Å². The van der Waals surface area contributed by atoms with Crippen LogP contribution in [0.5, 0.6) is 0 Å². The van der Waals surface area contributed by atoms with Crippen LogP contribution in [0, 0.1) is 6.92 Å². The van der Waals surface area contributed by atoms with Gasteiger partial charge in [-0.05, 0) is 37.8 Å². The zero-order valence-corrected chi connectivity index (χ0v) is 18.6. The molecule has 2 aromatic rings. The van der Waals surface area contributed by atoms with E-state index >= 15 is 0 Å². The van der Waals surface area contributed by atoms with Gasteiger partial charge >= 0.3 is 0 Å². The van der Waals surface area contributed by atoms with Gasteiger partial charge in [0.2, 0.25) is 0 Å². The van der Waals surface area contributed by atoms with E-state index in [9.17, 15) is 9.59 Å². The molecule has 1 aromatic heterocycles. The topological polar surface area (TPSA) is 51.1 Å². The summed E-state index contributed by atoms with van der Waals surface area (Å²) in [5.74, 6) is -0.316. The van der Waals surface area contributed by atoms with E-state index in [4.69, 9.17) is 11.6 Å². The lowest BCUT2D eigenvalue weighted by Crippen LogP contribution is -2.32. The molecule has 4 nitrogen and oxygen atoms in total. The first-order chi connectivity index (χ1) is 14.0. The van der Waals surface area contributed by atoms with Gasteiger partial charge in [-0.25, -0.2) is 0 Å². The molecule has 5 heteroatoms. The number of benzene rings is 1. The summed E-state index contributed by atoms with van der Waals surface area (Å²) in [7, 11) is 0. The molecule has 1 amide bonds. The summed E-state index contributed by atoms with van der Waals surface area (Å²) >= 11 is 6.20. The molecule has 0 radical (unpaired) electrons. The van der Waals surface area contributed by atoms with E-state index in [1.54, 1.807) is 12.1 Å². The largest absolute Gasteiger partial charge is 0.348 e. The van der Waals surface area contributed by atoms with Gasteiger partial charge in [-0.3, -0.25) is 9.59 Å². The molecule has 2 rings (SSSR count). The average molecular weight is 417 g/mol. The molecule has 0 spiro atoms. The monoisotopic (exact) mass is 416 g/mol. The van der Waals surface area contributed by atoms with Crippen molar-refractivity contribution in [3.63, 3.8) is 0 Å². The summed E-state index contributed by atoms with van der Waals surface area (Å²) in [6.07, 6.45) is 7.29. The number of pyridine rings is 1. The zero-order chi connectivity index (χ0) is 21.2. The molecule has 1 N–H and O–H groups in total. The van der Waals surface area contributed by atoms with Gasteiger partial charge in [-0.1, -0.05) is 69.3 Å². The molecule has 158 valence electrons. The van der Waals surface area contributed by atoms with Crippen LogP contribution in [0.1, 0.15) is 79.7 Å². The molecule has 0 aliphatic heterocycles. The second-order valence-corrected chi connectivity index (χ2v) is 7.97. The number of aromatic nitrogens is 1. The summed E-state index contributed by atoms with van der Waals surface area (Å²) in [5, 5.41) is 3.51. The third kappa shape index (κ3) is 6.46. The Morgan fingerprint density at radius 2 is 1.79 bits per heavy atom. The number of carbonyl (C=O) groups excluding carboxylic acids is 1. The van der Waals surface area contributed by atoms with E-state index in [-0.39, 0.29) is 16.9 Å². The van der Waals surface area contributed by atoms with E-state index in [0.717, 1.165) is 55.6 Å². The molecule has 0 fully saturated rings. The van der Waals surface area contributed by atoms with E-state index < -0.39 is 0 Å². The molecule has 0 aliphatic rings. The Morgan fingerprint density at radius 3 is 2.48 bits per heavy atom. The Kier molecular flexibility index (Phi) is 9.46. The summed E-state index contributed by atoms with van der Waals surface area (Å²) < 4.78 is 2.18. The van der Waals surface area contributed by atoms with Crippen LogP contribution in [0.25, 0.3) is 0 Å². The van der Waals surface area contributed by atoms with Gasteiger partial charge in [0.15, 0.2) is 5.43 Å². The van der Waals surface area contributed by atoms with Crippen molar-refractivity contribution in [3.8, 4) is 0 Å². The quantitative estimate of drug-likeness (QED) is 0.480. The van der Waals surface area contributed by atoms with E-state index in [0.29, 0.717) is 11.6 Å². The molecule has 29 heavy (non-hydrogen) atoms. The Balaban J connectivity index is 2.31. The van der Waals surface area contributed by atoms with Crippen LogP contribution in [0.15, 0.2) is 35.1 Å². The lowest BCUT2D eigenvalue weighted by atomic mass is 10.0. The van der Waals surface area contributed by atoms with Gasteiger partial charge < -0.3 is 9.88 Å². The highest BCUT2D eigenvalue weighted by Gasteiger charge is 2.20. The number of hydrogen-bond acceptors (Lipinski definition) is 2. The van der Waals surface area contributed by atoms with Crippen LogP contribution in [0.3, 0.4) is 0 Å². The predicted octanol–water partition coefficient (Wildman–Crippen LogP) is 5.66. The summed E-state index contributed by atoms with van der Waals surface area (Å²) in [4.78, 5) is 25.8. The summed E-state index contributed by atoms with van der Waals surface area (Å²) in [6.45, 7) is 7.42. The van der Waals surface area contributed by atoms with E-state index in [1.807, 2.05) is 25.1 Å². The minimum absolute atomic E-state index is 0.199. The molecule has 0 bridgehead atoms. The molecule has 0 unspecified atom stereocenters. The molecule has 0 atom stereocenters. The van der Waals surface area contributed by atoms with Crippen LogP contribution in [0.4, 0.5) is 0 Å². The molecule has 0 saturated heterocycles. The van der Waals surface area contributed by atoms with Gasteiger partial charge in [0.05, 0.1) is 0 Å². The van der Waals surface area contributed by atoms with Crippen LogP contribution in [-0.4, -0.2) is 10.5 Å². The van der Waals surface area contributed by atoms with Crippen molar-refractivity contribution in [3.05, 3.63) is 68.1 Å². The maximum absolute atomic E-state index is 13.0. The van der Waals surface area contributed by atoms with Crippen molar-refractivity contribution < 1.29 is 4.79 Å².